The van der Waals surface area contributed by atoms with Crippen LogP contribution in [0.1, 0.15) is 33.3 Å². The van der Waals surface area contributed by atoms with E-state index in [0.29, 0.717) is 30.4 Å². The van der Waals surface area contributed by atoms with Crippen molar-refractivity contribution in [3.8, 4) is 5.75 Å². The Hall–Kier alpha value is -1.11. The van der Waals surface area contributed by atoms with Crippen molar-refractivity contribution in [3.63, 3.8) is 0 Å². The Kier molecular flexibility index (Phi) is 6.64. The van der Waals surface area contributed by atoms with Crippen LogP contribution in [0.2, 0.25) is 0 Å². The summed E-state index contributed by atoms with van der Waals surface area (Å²) in [6.07, 6.45) is 0. The third-order valence-electron chi connectivity index (χ3n) is 3.60. The maximum atomic E-state index is 12.3. The Morgan fingerprint density at radius 1 is 1.29 bits per heavy atom. The topological polar surface area (TPSA) is 81.4 Å². The summed E-state index contributed by atoms with van der Waals surface area (Å²) in [6.45, 7) is 9.22. The Morgan fingerprint density at radius 3 is 2.48 bits per heavy atom. The molecule has 5 nitrogen and oxygen atoms in total. The van der Waals surface area contributed by atoms with Gasteiger partial charge in [-0.1, -0.05) is 20.8 Å². The number of hydrogen-bond acceptors (Lipinski definition) is 4. The maximum absolute atomic E-state index is 12.3. The highest BCUT2D eigenvalue weighted by Gasteiger charge is 2.18. The molecule has 1 rings (SSSR count). The molecule has 3 N–H and O–H groups in total. The van der Waals surface area contributed by atoms with Crippen LogP contribution in [0.3, 0.4) is 0 Å². The van der Waals surface area contributed by atoms with Gasteiger partial charge in [-0.3, -0.25) is 0 Å². The standard InChI is InChI=1S/C15H26N2O3S/c1-5-20-15-7-6-14(8-13(15)9-16)21(18,19)17-10-12(4)11(2)3/h6-8,11-12,17H,5,9-10,16H2,1-4H3. The number of ether oxygens (including phenoxy) is 1. The van der Waals surface area contributed by atoms with Gasteiger partial charge >= 0.3 is 0 Å². The highest BCUT2D eigenvalue weighted by molar-refractivity contribution is 7.89. The van der Waals surface area contributed by atoms with Gasteiger partial charge in [-0.25, -0.2) is 13.1 Å². The zero-order valence-corrected chi connectivity index (χ0v) is 14.0. The minimum absolute atomic E-state index is 0.224. The Morgan fingerprint density at radius 2 is 1.95 bits per heavy atom. The summed E-state index contributed by atoms with van der Waals surface area (Å²) in [5, 5.41) is 0. The van der Waals surface area contributed by atoms with Gasteiger partial charge in [0.1, 0.15) is 5.75 Å². The third kappa shape index (κ3) is 4.98. The number of nitrogens with two attached hydrogens (primary N) is 1. The van der Waals surface area contributed by atoms with Crippen LogP contribution in [0.25, 0.3) is 0 Å². The molecule has 1 atom stereocenters. The highest BCUT2D eigenvalue weighted by Crippen LogP contribution is 2.22. The molecule has 0 spiro atoms. The van der Waals surface area contributed by atoms with Crippen molar-refractivity contribution in [3.05, 3.63) is 23.8 Å². The molecule has 1 aromatic rings. The van der Waals surface area contributed by atoms with Crippen LogP contribution in [-0.4, -0.2) is 21.6 Å². The molecule has 21 heavy (non-hydrogen) atoms. The first-order valence-electron chi connectivity index (χ1n) is 7.27. The fourth-order valence-electron chi connectivity index (χ4n) is 1.74. The van der Waals surface area contributed by atoms with Crippen LogP contribution in [0.4, 0.5) is 0 Å². The largest absolute Gasteiger partial charge is 0.494 e. The quantitative estimate of drug-likeness (QED) is 0.770. The van der Waals surface area contributed by atoms with Crippen molar-refractivity contribution in [2.45, 2.75) is 39.1 Å². The lowest BCUT2D eigenvalue weighted by Crippen LogP contribution is -2.30. The SMILES string of the molecule is CCOc1ccc(S(=O)(=O)NCC(C)C(C)C)cc1CN. The number of hydrogen-bond donors (Lipinski definition) is 2. The molecule has 0 fully saturated rings. The molecule has 120 valence electrons. The number of benzene rings is 1. The molecule has 6 heteroatoms. The average molecular weight is 314 g/mol. The molecular formula is C15H26N2O3S. The minimum atomic E-state index is -3.51. The molecule has 1 aromatic carbocycles. The van der Waals surface area contributed by atoms with E-state index in [1.165, 1.54) is 0 Å². The van der Waals surface area contributed by atoms with Crippen LogP contribution < -0.4 is 15.2 Å². The van der Waals surface area contributed by atoms with E-state index in [1.807, 2.05) is 13.8 Å². The Bertz CT molecular complexity index is 556. The van der Waals surface area contributed by atoms with Gasteiger partial charge < -0.3 is 10.5 Å². The van der Waals surface area contributed by atoms with E-state index < -0.39 is 10.0 Å². The molecule has 0 aromatic heterocycles. The summed E-state index contributed by atoms with van der Waals surface area (Å²) in [5.41, 5.74) is 6.35. The van der Waals surface area contributed by atoms with Crippen LogP contribution in [0.5, 0.6) is 5.75 Å². The van der Waals surface area contributed by atoms with Crippen molar-refractivity contribution in [1.82, 2.24) is 4.72 Å². The van der Waals surface area contributed by atoms with Crippen molar-refractivity contribution in [2.75, 3.05) is 13.2 Å². The van der Waals surface area contributed by atoms with Gasteiger partial charge in [-0.2, -0.15) is 0 Å². The van der Waals surface area contributed by atoms with Gasteiger partial charge in [0.25, 0.3) is 0 Å². The smallest absolute Gasteiger partial charge is 0.240 e. The Labute approximate surface area is 127 Å². The third-order valence-corrected chi connectivity index (χ3v) is 5.02. The van der Waals surface area contributed by atoms with Crippen molar-refractivity contribution >= 4 is 10.0 Å². The molecule has 0 amide bonds. The summed E-state index contributed by atoms with van der Waals surface area (Å²) >= 11 is 0. The van der Waals surface area contributed by atoms with E-state index in [9.17, 15) is 8.42 Å². The lowest BCUT2D eigenvalue weighted by molar-refractivity contribution is 0.336. The van der Waals surface area contributed by atoms with Crippen molar-refractivity contribution in [2.24, 2.45) is 17.6 Å². The van der Waals surface area contributed by atoms with Gasteiger partial charge in [-0.05, 0) is 37.0 Å². The monoisotopic (exact) mass is 314 g/mol. The predicted octanol–water partition coefficient (Wildman–Crippen LogP) is 2.11. The molecule has 0 bridgehead atoms. The number of sulfonamides is 1. The van der Waals surface area contributed by atoms with Gasteiger partial charge in [0.05, 0.1) is 11.5 Å². The number of nitrogens with one attached hydrogen (secondary N) is 1. The fourth-order valence-corrected chi connectivity index (χ4v) is 2.93. The molecule has 0 heterocycles. The highest BCUT2D eigenvalue weighted by atomic mass is 32.2. The number of rotatable bonds is 8. The van der Waals surface area contributed by atoms with Gasteiger partial charge in [0.2, 0.25) is 10.0 Å². The molecular weight excluding hydrogens is 288 g/mol. The molecule has 0 radical (unpaired) electrons. The summed E-state index contributed by atoms with van der Waals surface area (Å²) < 4.78 is 32.7. The van der Waals surface area contributed by atoms with Crippen LogP contribution in [0.15, 0.2) is 23.1 Å². The van der Waals surface area contributed by atoms with Gasteiger partial charge in [0, 0.05) is 18.7 Å². The Balaban J connectivity index is 2.93. The normalized spacial score (nSPS) is 13.4. The maximum Gasteiger partial charge on any atom is 0.240 e. The van der Waals surface area contributed by atoms with E-state index in [1.54, 1.807) is 18.2 Å². The first kappa shape index (κ1) is 17.9. The molecule has 0 aliphatic carbocycles. The second kappa shape index (κ2) is 7.77. The predicted molar refractivity (Wildman–Crippen MR) is 84.7 cm³/mol. The minimum Gasteiger partial charge on any atom is -0.494 e. The zero-order chi connectivity index (χ0) is 16.0. The lowest BCUT2D eigenvalue weighted by Gasteiger charge is -2.17. The first-order chi connectivity index (χ1) is 9.81. The van der Waals surface area contributed by atoms with Crippen molar-refractivity contribution < 1.29 is 13.2 Å². The molecule has 0 aliphatic heterocycles. The van der Waals surface area contributed by atoms with E-state index in [2.05, 4.69) is 18.6 Å². The second-order valence-electron chi connectivity index (χ2n) is 5.48. The molecule has 0 saturated carbocycles. The molecule has 1 unspecified atom stereocenters. The average Bonchev–Trinajstić information content (AvgIpc) is 2.45. The van der Waals surface area contributed by atoms with Gasteiger partial charge in [-0.15, -0.1) is 0 Å². The molecule has 0 saturated heterocycles. The summed E-state index contributed by atoms with van der Waals surface area (Å²) in [7, 11) is -3.51. The molecule has 0 aliphatic rings. The summed E-state index contributed by atoms with van der Waals surface area (Å²) in [6, 6.07) is 4.78. The van der Waals surface area contributed by atoms with E-state index >= 15 is 0 Å². The summed E-state index contributed by atoms with van der Waals surface area (Å²) in [5.74, 6) is 1.33. The lowest BCUT2D eigenvalue weighted by atomic mass is 9.99. The van der Waals surface area contributed by atoms with Crippen LogP contribution in [0, 0.1) is 11.8 Å². The van der Waals surface area contributed by atoms with E-state index in [0.717, 1.165) is 0 Å². The second-order valence-corrected chi connectivity index (χ2v) is 7.25. The zero-order valence-electron chi connectivity index (χ0n) is 13.2. The van der Waals surface area contributed by atoms with Gasteiger partial charge in [0.15, 0.2) is 0 Å². The van der Waals surface area contributed by atoms with Crippen LogP contribution >= 0.6 is 0 Å². The van der Waals surface area contributed by atoms with E-state index in [-0.39, 0.29) is 17.4 Å². The first-order valence-corrected chi connectivity index (χ1v) is 8.75. The van der Waals surface area contributed by atoms with E-state index in [4.69, 9.17) is 10.5 Å². The van der Waals surface area contributed by atoms with Crippen LogP contribution in [-0.2, 0) is 16.6 Å². The summed E-state index contributed by atoms with van der Waals surface area (Å²) in [4.78, 5) is 0.224. The fraction of sp³-hybridized carbons (Fsp3) is 0.600. The van der Waals surface area contributed by atoms with Crippen molar-refractivity contribution in [1.29, 1.82) is 0 Å².